The van der Waals surface area contributed by atoms with Crippen LogP contribution in [0.5, 0.6) is 0 Å². The normalized spacial score (nSPS) is 22.9. The molecule has 0 bridgehead atoms. The maximum atomic E-state index is 13.6. The largest absolute Gasteiger partial charge is 0.459 e. The number of carbonyl (C=O) groups is 2. The Labute approximate surface area is 287 Å². The number of benzene rings is 3. The number of rotatable bonds is 9. The summed E-state index contributed by atoms with van der Waals surface area (Å²) in [5, 5.41) is 35.4. The van der Waals surface area contributed by atoms with Gasteiger partial charge in [-0.25, -0.2) is 14.6 Å². The molecule has 1 aromatic heterocycles. The predicted molar refractivity (Wildman–Crippen MR) is 182 cm³/mol. The van der Waals surface area contributed by atoms with Crippen LogP contribution in [0.25, 0.3) is 10.9 Å². The van der Waals surface area contributed by atoms with Crippen molar-refractivity contribution in [3.8, 4) is 0 Å². The number of anilines is 2. The average molecular weight is 689 g/mol. The van der Waals surface area contributed by atoms with Crippen LogP contribution in [0.4, 0.5) is 11.6 Å². The van der Waals surface area contributed by atoms with Gasteiger partial charge in [-0.3, -0.25) is 9.36 Å². The highest BCUT2D eigenvalue weighted by Gasteiger charge is 2.49. The Bertz CT molecular complexity index is 1910. The SMILES string of the molecule is Cc1cc([C@@H](C)Nc2ccccc2C(=O)O[C@@H]2O[C@H](C(=O)OCc3ccccc3)[C@@H](O)[C@H](O)[C@H]2O)c2nc(N3CCOCC3)n(C)c(=O)c2c1. The number of aliphatic hydroxyl groups is 3. The van der Waals surface area contributed by atoms with Crippen molar-refractivity contribution in [2.75, 3.05) is 36.5 Å². The van der Waals surface area contributed by atoms with Gasteiger partial charge in [-0.2, -0.15) is 0 Å². The molecule has 3 heterocycles. The Morgan fingerprint density at radius 1 is 1.00 bits per heavy atom. The third-order valence-electron chi connectivity index (χ3n) is 8.86. The molecule has 3 aromatic carbocycles. The van der Waals surface area contributed by atoms with Crippen molar-refractivity contribution >= 4 is 34.5 Å². The Morgan fingerprint density at radius 3 is 2.44 bits per heavy atom. The fourth-order valence-corrected chi connectivity index (χ4v) is 6.14. The fraction of sp³-hybridized carbons (Fsp3) is 0.389. The number of morpholine rings is 1. The van der Waals surface area contributed by atoms with E-state index in [4.69, 9.17) is 23.9 Å². The lowest BCUT2D eigenvalue weighted by molar-refractivity contribution is -0.280. The van der Waals surface area contributed by atoms with Gasteiger partial charge >= 0.3 is 11.9 Å². The van der Waals surface area contributed by atoms with Gasteiger partial charge in [0.2, 0.25) is 12.2 Å². The molecule has 0 saturated carbocycles. The monoisotopic (exact) mass is 688 g/mol. The highest BCUT2D eigenvalue weighted by Crippen LogP contribution is 2.30. The van der Waals surface area contributed by atoms with Gasteiger partial charge in [-0.15, -0.1) is 0 Å². The first-order valence-electron chi connectivity index (χ1n) is 16.3. The molecule has 2 aliphatic rings. The van der Waals surface area contributed by atoms with Crippen LogP contribution in [0.3, 0.4) is 0 Å². The van der Waals surface area contributed by atoms with Crippen molar-refractivity contribution < 1.29 is 43.9 Å². The van der Waals surface area contributed by atoms with Gasteiger partial charge < -0.3 is 44.5 Å². The molecule has 6 atom stereocenters. The van der Waals surface area contributed by atoms with Crippen LogP contribution in [-0.4, -0.2) is 93.8 Å². The van der Waals surface area contributed by atoms with Crippen molar-refractivity contribution in [2.24, 2.45) is 7.05 Å². The first-order chi connectivity index (χ1) is 24.0. The molecule has 0 spiro atoms. The van der Waals surface area contributed by atoms with Gasteiger partial charge in [0.15, 0.2) is 6.10 Å². The van der Waals surface area contributed by atoms with E-state index >= 15 is 0 Å². The average Bonchev–Trinajstić information content (AvgIpc) is 3.13. The molecule has 2 saturated heterocycles. The number of nitrogens with one attached hydrogen (secondary N) is 1. The summed E-state index contributed by atoms with van der Waals surface area (Å²) in [6, 6.07) is 18.6. The summed E-state index contributed by atoms with van der Waals surface area (Å²) < 4.78 is 23.3. The minimum atomic E-state index is -1.87. The van der Waals surface area contributed by atoms with E-state index in [1.165, 1.54) is 6.07 Å². The first kappa shape index (κ1) is 35.0. The Balaban J connectivity index is 1.22. The Hall–Kier alpha value is -4.86. The summed E-state index contributed by atoms with van der Waals surface area (Å²) in [6.07, 6.45) is -9.11. The van der Waals surface area contributed by atoms with Gasteiger partial charge in [0.05, 0.1) is 35.7 Å². The van der Waals surface area contributed by atoms with Gasteiger partial charge in [-0.1, -0.05) is 48.5 Å². The van der Waals surface area contributed by atoms with Crippen molar-refractivity contribution in [3.05, 3.63) is 99.3 Å². The topological polar surface area (TPSA) is 182 Å². The lowest BCUT2D eigenvalue weighted by Crippen LogP contribution is -2.60. The molecule has 2 fully saturated rings. The summed E-state index contributed by atoms with van der Waals surface area (Å²) in [7, 11) is 1.70. The second kappa shape index (κ2) is 14.9. The van der Waals surface area contributed by atoms with Crippen molar-refractivity contribution in [1.29, 1.82) is 0 Å². The minimum absolute atomic E-state index is 0.0637. The fourth-order valence-electron chi connectivity index (χ4n) is 6.14. The van der Waals surface area contributed by atoms with Crippen molar-refractivity contribution in [2.45, 2.75) is 57.2 Å². The van der Waals surface area contributed by atoms with E-state index in [9.17, 15) is 29.7 Å². The Morgan fingerprint density at radius 2 is 1.70 bits per heavy atom. The zero-order valence-electron chi connectivity index (χ0n) is 27.9. The number of aliphatic hydroxyl groups excluding tert-OH is 3. The number of aryl methyl sites for hydroxylation is 1. The number of fused-ring (bicyclic) bond motifs is 1. The number of nitrogens with zero attached hydrogens (tertiary/aromatic N) is 3. The molecule has 0 aliphatic carbocycles. The van der Waals surface area contributed by atoms with Crippen LogP contribution in [0, 0.1) is 6.92 Å². The number of hydrogen-bond donors (Lipinski definition) is 4. The van der Waals surface area contributed by atoms with Gasteiger partial charge in [-0.05, 0) is 43.2 Å². The highest BCUT2D eigenvalue weighted by atomic mass is 16.7. The van der Waals surface area contributed by atoms with Crippen LogP contribution in [-0.2, 0) is 37.4 Å². The van der Waals surface area contributed by atoms with Crippen molar-refractivity contribution in [3.63, 3.8) is 0 Å². The van der Waals surface area contributed by atoms with Crippen LogP contribution in [0.1, 0.15) is 40.0 Å². The standard InChI is InChI=1S/C36H40N4O10/c1-20-17-24(27-25(18-20)32(44)39(3)36(38-27)40-13-15-47-16-14-40)21(2)37-26-12-8-7-11-23(26)33(45)50-35-30(43)28(41)29(42)31(49-35)34(46)48-19-22-9-5-4-6-10-22/h4-12,17-18,21,28-31,35,37,41-43H,13-16,19H2,1-3H3/t21-,28+,29+,30-,31+,35+/m1/s1. The summed E-state index contributed by atoms with van der Waals surface area (Å²) in [5.41, 5.74) is 3.04. The van der Waals surface area contributed by atoms with Crippen LogP contribution in [0.2, 0.25) is 0 Å². The van der Waals surface area contributed by atoms with E-state index in [-0.39, 0.29) is 17.7 Å². The molecular weight excluding hydrogens is 648 g/mol. The van der Waals surface area contributed by atoms with Gasteiger partial charge in [0, 0.05) is 31.4 Å². The smallest absolute Gasteiger partial charge is 0.342 e. The maximum Gasteiger partial charge on any atom is 0.342 e. The van der Waals surface area contributed by atoms with E-state index < -0.39 is 48.7 Å². The minimum Gasteiger partial charge on any atom is -0.459 e. The van der Waals surface area contributed by atoms with Crippen LogP contribution in [0.15, 0.2) is 71.5 Å². The molecule has 14 heteroatoms. The molecule has 2 aliphatic heterocycles. The predicted octanol–water partition coefficient (Wildman–Crippen LogP) is 1.96. The van der Waals surface area contributed by atoms with E-state index in [1.807, 2.05) is 24.8 Å². The number of para-hydroxylation sites is 1. The van der Waals surface area contributed by atoms with Crippen molar-refractivity contribution in [1.82, 2.24) is 9.55 Å². The third kappa shape index (κ3) is 7.20. The van der Waals surface area contributed by atoms with E-state index in [2.05, 4.69) is 5.32 Å². The van der Waals surface area contributed by atoms with Gasteiger partial charge in [0.25, 0.3) is 5.56 Å². The van der Waals surface area contributed by atoms with Crippen LogP contribution >= 0.6 is 0 Å². The van der Waals surface area contributed by atoms with Gasteiger partial charge in [0.1, 0.15) is 24.9 Å². The molecule has 14 nitrogen and oxygen atoms in total. The second-order valence-corrected chi connectivity index (χ2v) is 12.4. The number of carbonyl (C=O) groups excluding carboxylic acids is 2. The number of aromatic nitrogens is 2. The first-order valence-corrected chi connectivity index (χ1v) is 16.3. The second-order valence-electron chi connectivity index (χ2n) is 12.4. The number of ether oxygens (including phenoxy) is 4. The highest BCUT2D eigenvalue weighted by molar-refractivity contribution is 5.96. The summed E-state index contributed by atoms with van der Waals surface area (Å²) in [6.45, 7) is 5.90. The molecule has 0 unspecified atom stereocenters. The van der Waals surface area contributed by atoms with E-state index in [0.29, 0.717) is 54.4 Å². The zero-order chi connectivity index (χ0) is 35.5. The molecule has 6 rings (SSSR count). The van der Waals surface area contributed by atoms with E-state index in [1.54, 1.807) is 66.2 Å². The third-order valence-corrected chi connectivity index (χ3v) is 8.86. The van der Waals surface area contributed by atoms with Crippen LogP contribution < -0.4 is 15.8 Å². The maximum absolute atomic E-state index is 13.6. The molecule has 4 aromatic rings. The molecule has 50 heavy (non-hydrogen) atoms. The molecule has 264 valence electrons. The lowest BCUT2D eigenvalue weighted by atomic mass is 9.99. The summed E-state index contributed by atoms with van der Waals surface area (Å²) >= 11 is 0. The number of hydrogen-bond acceptors (Lipinski definition) is 13. The molecular formula is C36H40N4O10. The molecule has 0 radical (unpaired) electrons. The van der Waals surface area contributed by atoms with E-state index in [0.717, 1.165) is 11.1 Å². The lowest BCUT2D eigenvalue weighted by Gasteiger charge is -2.38. The zero-order valence-corrected chi connectivity index (χ0v) is 27.9. The Kier molecular flexibility index (Phi) is 10.5. The molecule has 4 N–H and O–H groups in total. The molecule has 0 amide bonds. The summed E-state index contributed by atoms with van der Waals surface area (Å²) in [4.78, 5) is 46.9. The quantitative estimate of drug-likeness (QED) is 0.188. The summed E-state index contributed by atoms with van der Waals surface area (Å²) in [5.74, 6) is -1.40. The number of esters is 2.